The topological polar surface area (TPSA) is 9.72 Å². The molecule has 0 saturated carbocycles. The maximum absolute atomic E-state index is 2.75. The Hall–Kier alpha value is -2.46. The zero-order valence-electron chi connectivity index (χ0n) is 18.9. The Balaban J connectivity index is 1.22. The highest BCUT2D eigenvalue weighted by Crippen LogP contribution is 2.57. The summed E-state index contributed by atoms with van der Waals surface area (Å²) >= 11 is 0. The molecule has 6 rings (SSSR count). The molecular formula is C29H33N3. The standard InChI is InChI=1S/C29H33N3/c1-4-10-25(11-5-1)16-30-19-28-21-31(17-26-12-6-2-7-13-26)22-29(28,20-30)24-32(23-28)18-27-14-8-3-9-15-27/h1-15H,16-24H2. The summed E-state index contributed by atoms with van der Waals surface area (Å²) in [6.07, 6.45) is 0. The van der Waals surface area contributed by atoms with E-state index in [-0.39, 0.29) is 0 Å². The van der Waals surface area contributed by atoms with E-state index in [2.05, 4.69) is 106 Å². The molecule has 3 aliphatic rings. The van der Waals surface area contributed by atoms with Crippen molar-refractivity contribution in [2.45, 2.75) is 19.6 Å². The molecule has 3 heteroatoms. The minimum absolute atomic E-state index is 0.380. The summed E-state index contributed by atoms with van der Waals surface area (Å²) < 4.78 is 0. The van der Waals surface area contributed by atoms with Crippen molar-refractivity contribution in [1.29, 1.82) is 0 Å². The fraction of sp³-hybridized carbons (Fsp3) is 0.379. The molecule has 3 nitrogen and oxygen atoms in total. The first-order valence-corrected chi connectivity index (χ1v) is 12.0. The van der Waals surface area contributed by atoms with Crippen LogP contribution in [0.2, 0.25) is 0 Å². The summed E-state index contributed by atoms with van der Waals surface area (Å²) in [7, 11) is 0. The molecule has 0 radical (unpaired) electrons. The van der Waals surface area contributed by atoms with Gasteiger partial charge in [0.15, 0.2) is 0 Å². The van der Waals surface area contributed by atoms with Gasteiger partial charge < -0.3 is 0 Å². The van der Waals surface area contributed by atoms with Crippen molar-refractivity contribution in [3.8, 4) is 0 Å². The smallest absolute Gasteiger partial charge is 0.0234 e. The van der Waals surface area contributed by atoms with Gasteiger partial charge in [-0.05, 0) is 16.7 Å². The van der Waals surface area contributed by atoms with E-state index < -0.39 is 0 Å². The van der Waals surface area contributed by atoms with E-state index in [0.717, 1.165) is 19.6 Å². The predicted octanol–water partition coefficient (Wildman–Crippen LogP) is 4.51. The molecule has 32 heavy (non-hydrogen) atoms. The molecule has 0 aromatic heterocycles. The highest BCUT2D eigenvalue weighted by Gasteiger charge is 2.66. The lowest BCUT2D eigenvalue weighted by Crippen LogP contribution is -2.39. The van der Waals surface area contributed by atoms with Crippen LogP contribution in [0.3, 0.4) is 0 Å². The number of hydrogen-bond donors (Lipinski definition) is 0. The van der Waals surface area contributed by atoms with Crippen LogP contribution >= 0.6 is 0 Å². The van der Waals surface area contributed by atoms with Gasteiger partial charge in [-0.25, -0.2) is 0 Å². The fourth-order valence-corrected chi connectivity index (χ4v) is 6.90. The first-order chi connectivity index (χ1) is 15.7. The van der Waals surface area contributed by atoms with Crippen LogP contribution in [-0.4, -0.2) is 54.0 Å². The van der Waals surface area contributed by atoms with E-state index in [4.69, 9.17) is 0 Å². The van der Waals surface area contributed by atoms with Crippen LogP contribution in [0.15, 0.2) is 91.0 Å². The lowest BCUT2D eigenvalue weighted by Gasteiger charge is -2.31. The largest absolute Gasteiger partial charge is 0.298 e. The SMILES string of the molecule is c1ccc(CN2CC34CN(Cc5ccccc5)CC3(C2)CN(Cc2ccccc2)C4)cc1. The fourth-order valence-electron chi connectivity index (χ4n) is 6.90. The minimum atomic E-state index is 0.380. The molecule has 0 spiro atoms. The van der Waals surface area contributed by atoms with Gasteiger partial charge in [0.25, 0.3) is 0 Å². The Morgan fingerprint density at radius 2 is 0.656 bits per heavy atom. The highest BCUT2D eigenvalue weighted by atomic mass is 15.3. The first-order valence-electron chi connectivity index (χ1n) is 12.0. The third kappa shape index (κ3) is 3.69. The zero-order chi connectivity index (χ0) is 21.4. The van der Waals surface area contributed by atoms with Gasteiger partial charge in [0.2, 0.25) is 0 Å². The van der Waals surface area contributed by atoms with Crippen molar-refractivity contribution in [2.24, 2.45) is 10.8 Å². The van der Waals surface area contributed by atoms with Crippen molar-refractivity contribution in [3.05, 3.63) is 108 Å². The van der Waals surface area contributed by atoms with Crippen LogP contribution in [0.1, 0.15) is 16.7 Å². The van der Waals surface area contributed by atoms with Crippen molar-refractivity contribution in [1.82, 2.24) is 14.7 Å². The van der Waals surface area contributed by atoms with Crippen molar-refractivity contribution < 1.29 is 0 Å². The van der Waals surface area contributed by atoms with Crippen LogP contribution in [-0.2, 0) is 19.6 Å². The summed E-state index contributed by atoms with van der Waals surface area (Å²) in [5.74, 6) is 0. The third-order valence-electron chi connectivity index (χ3n) is 8.03. The van der Waals surface area contributed by atoms with Gasteiger partial charge in [-0.3, -0.25) is 14.7 Å². The maximum Gasteiger partial charge on any atom is 0.0234 e. The second kappa shape index (κ2) is 8.15. The summed E-state index contributed by atoms with van der Waals surface area (Å²) in [5.41, 5.74) is 5.10. The molecule has 164 valence electrons. The third-order valence-corrected chi connectivity index (χ3v) is 8.03. The molecular weight excluding hydrogens is 390 g/mol. The van der Waals surface area contributed by atoms with Crippen LogP contribution in [0.5, 0.6) is 0 Å². The molecule has 3 aromatic carbocycles. The van der Waals surface area contributed by atoms with E-state index in [9.17, 15) is 0 Å². The molecule has 3 saturated heterocycles. The van der Waals surface area contributed by atoms with Crippen molar-refractivity contribution in [3.63, 3.8) is 0 Å². The van der Waals surface area contributed by atoms with Crippen LogP contribution < -0.4 is 0 Å². The average molecular weight is 424 g/mol. The Morgan fingerprint density at radius 1 is 0.406 bits per heavy atom. The van der Waals surface area contributed by atoms with Crippen LogP contribution in [0.25, 0.3) is 0 Å². The van der Waals surface area contributed by atoms with Gasteiger partial charge in [-0.2, -0.15) is 0 Å². The lowest BCUT2D eigenvalue weighted by atomic mass is 9.71. The van der Waals surface area contributed by atoms with Gasteiger partial charge in [-0.1, -0.05) is 91.0 Å². The number of hydrogen-bond acceptors (Lipinski definition) is 3. The highest BCUT2D eigenvalue weighted by molar-refractivity contribution is 5.24. The molecule has 0 atom stereocenters. The van der Waals surface area contributed by atoms with Gasteiger partial charge in [-0.15, -0.1) is 0 Å². The van der Waals surface area contributed by atoms with Gasteiger partial charge in [0.1, 0.15) is 0 Å². The second-order valence-corrected chi connectivity index (χ2v) is 10.5. The summed E-state index contributed by atoms with van der Waals surface area (Å²) in [4.78, 5) is 8.24. The molecule has 0 bridgehead atoms. The first kappa shape index (κ1) is 20.2. The lowest BCUT2D eigenvalue weighted by molar-refractivity contribution is 0.153. The number of likely N-dealkylation sites (tertiary alicyclic amines) is 3. The summed E-state index contributed by atoms with van der Waals surface area (Å²) in [5, 5.41) is 0. The molecule has 0 N–H and O–H groups in total. The van der Waals surface area contributed by atoms with E-state index in [1.807, 2.05) is 0 Å². The Labute approximate surface area is 192 Å². The van der Waals surface area contributed by atoms with Crippen molar-refractivity contribution in [2.75, 3.05) is 39.3 Å². The van der Waals surface area contributed by atoms with E-state index in [0.29, 0.717) is 10.8 Å². The molecule has 3 fully saturated rings. The maximum atomic E-state index is 2.75. The number of rotatable bonds is 6. The molecule has 3 aromatic rings. The van der Waals surface area contributed by atoms with E-state index in [1.54, 1.807) is 0 Å². The quantitative estimate of drug-likeness (QED) is 0.578. The monoisotopic (exact) mass is 423 g/mol. The Kier molecular flexibility index (Phi) is 5.14. The van der Waals surface area contributed by atoms with Crippen LogP contribution in [0, 0.1) is 10.8 Å². The van der Waals surface area contributed by atoms with Gasteiger partial charge in [0.05, 0.1) is 0 Å². The zero-order valence-corrected chi connectivity index (χ0v) is 18.9. The molecule has 0 amide bonds. The number of nitrogens with zero attached hydrogens (tertiary/aromatic N) is 3. The summed E-state index contributed by atoms with van der Waals surface area (Å²) in [6, 6.07) is 33.1. The normalized spacial score (nSPS) is 28.1. The number of benzene rings is 3. The van der Waals surface area contributed by atoms with Crippen LogP contribution in [0.4, 0.5) is 0 Å². The Morgan fingerprint density at radius 3 is 0.906 bits per heavy atom. The van der Waals surface area contributed by atoms with E-state index >= 15 is 0 Å². The van der Waals surface area contributed by atoms with Crippen molar-refractivity contribution >= 4 is 0 Å². The minimum Gasteiger partial charge on any atom is -0.298 e. The molecule has 3 heterocycles. The molecule has 3 aliphatic heterocycles. The summed E-state index contributed by atoms with van der Waals surface area (Å²) in [6.45, 7) is 10.6. The molecule has 0 unspecified atom stereocenters. The molecule has 0 aliphatic carbocycles. The Bertz CT molecular complexity index is 877. The second-order valence-electron chi connectivity index (χ2n) is 10.5. The van der Waals surface area contributed by atoms with E-state index in [1.165, 1.54) is 56.0 Å². The predicted molar refractivity (Wildman–Crippen MR) is 130 cm³/mol. The van der Waals surface area contributed by atoms with Gasteiger partial charge in [0, 0.05) is 69.7 Å². The average Bonchev–Trinajstić information content (AvgIpc) is 3.32. The van der Waals surface area contributed by atoms with Gasteiger partial charge >= 0.3 is 0 Å².